The molecule has 0 bridgehead atoms. The van der Waals surface area contributed by atoms with Crippen molar-refractivity contribution in [2.75, 3.05) is 6.61 Å². The number of carbonyl (C=O) groups excluding carboxylic acids is 1. The monoisotopic (exact) mass is 432 g/mol. The normalized spacial score (nSPS) is 11.0. The number of nitrogens with zero attached hydrogens (tertiary/aromatic N) is 3. The highest BCUT2D eigenvalue weighted by Gasteiger charge is 2.16. The fraction of sp³-hybridized carbons (Fsp3) is 0.240. The molecule has 0 radical (unpaired) electrons. The van der Waals surface area contributed by atoms with Crippen LogP contribution in [0.15, 0.2) is 54.6 Å². The van der Waals surface area contributed by atoms with Gasteiger partial charge in [-0.05, 0) is 55.7 Å². The first-order valence-electron chi connectivity index (χ1n) is 10.5. The molecule has 1 N–H and O–H groups in total. The summed E-state index contributed by atoms with van der Waals surface area (Å²) in [6.07, 6.45) is 0.779. The van der Waals surface area contributed by atoms with E-state index in [0.29, 0.717) is 17.1 Å². The first kappa shape index (κ1) is 21.5. The molecule has 0 aliphatic carbocycles. The van der Waals surface area contributed by atoms with E-state index < -0.39 is 0 Å². The van der Waals surface area contributed by atoms with Gasteiger partial charge >= 0.3 is 0 Å². The minimum atomic E-state index is -0.335. The maximum Gasteiger partial charge on any atom is 0.258 e. The maximum absolute atomic E-state index is 13.3. The third-order valence-corrected chi connectivity index (χ3v) is 5.26. The van der Waals surface area contributed by atoms with Gasteiger partial charge in [-0.15, -0.1) is 0 Å². The summed E-state index contributed by atoms with van der Waals surface area (Å²) in [5.74, 6) is -0.279. The Morgan fingerprint density at radius 1 is 1.12 bits per heavy atom. The van der Waals surface area contributed by atoms with Gasteiger partial charge in [0.05, 0.1) is 11.4 Å². The number of aromatic nitrogens is 3. The van der Waals surface area contributed by atoms with Crippen LogP contribution < -0.4 is 10.1 Å². The Bertz CT molecular complexity index is 1270. The fourth-order valence-corrected chi connectivity index (χ4v) is 3.61. The Morgan fingerprint density at radius 3 is 2.62 bits per heavy atom. The zero-order chi connectivity index (χ0) is 22.7. The molecule has 0 aliphatic heterocycles. The van der Waals surface area contributed by atoms with Gasteiger partial charge in [-0.2, -0.15) is 10.1 Å². The van der Waals surface area contributed by atoms with Crippen LogP contribution in [0.5, 0.6) is 5.88 Å². The summed E-state index contributed by atoms with van der Waals surface area (Å²) in [7, 11) is 0. The number of ether oxygens (including phenoxy) is 1. The Hall–Kier alpha value is -3.74. The van der Waals surface area contributed by atoms with Crippen molar-refractivity contribution in [3.05, 3.63) is 82.8 Å². The maximum atomic E-state index is 13.3. The van der Waals surface area contributed by atoms with Crippen LogP contribution in [0.25, 0.3) is 16.7 Å². The molecule has 7 heteroatoms. The Labute approximate surface area is 186 Å². The highest BCUT2D eigenvalue weighted by atomic mass is 19.1. The molecule has 2 aromatic heterocycles. The SMILES string of the molecule is CCc1cc(OCC(=O)NCc2cccc(F)c2)nc2c1c(C)nn2-c1ccc(C)cc1. The Kier molecular flexibility index (Phi) is 6.16. The number of halogens is 1. The molecule has 1 amide bonds. The van der Waals surface area contributed by atoms with E-state index in [0.717, 1.165) is 34.3 Å². The lowest BCUT2D eigenvalue weighted by molar-refractivity contribution is -0.123. The molecule has 2 heterocycles. The number of aryl methyl sites for hydroxylation is 3. The first-order chi connectivity index (χ1) is 15.4. The number of pyridine rings is 1. The van der Waals surface area contributed by atoms with E-state index >= 15 is 0 Å². The van der Waals surface area contributed by atoms with E-state index in [1.807, 2.05) is 44.2 Å². The lowest BCUT2D eigenvalue weighted by Crippen LogP contribution is -2.28. The van der Waals surface area contributed by atoms with Gasteiger partial charge < -0.3 is 10.1 Å². The average molecular weight is 432 g/mol. The summed E-state index contributed by atoms with van der Waals surface area (Å²) in [4.78, 5) is 16.9. The standard InChI is InChI=1S/C25H25FN4O2/c1-4-19-13-23(32-15-22(31)27-14-18-6-5-7-20(26)12-18)28-25-24(19)17(3)29-30(25)21-10-8-16(2)9-11-21/h5-13H,4,14-15H2,1-3H3,(H,27,31). The number of nitrogens with one attached hydrogen (secondary N) is 1. The Morgan fingerprint density at radius 2 is 1.91 bits per heavy atom. The predicted molar refractivity (Wildman–Crippen MR) is 121 cm³/mol. The third kappa shape index (κ3) is 4.61. The average Bonchev–Trinajstić information content (AvgIpc) is 3.12. The van der Waals surface area contributed by atoms with Crippen molar-refractivity contribution in [2.24, 2.45) is 0 Å². The van der Waals surface area contributed by atoms with E-state index in [4.69, 9.17) is 9.84 Å². The van der Waals surface area contributed by atoms with Crippen LogP contribution in [0.2, 0.25) is 0 Å². The predicted octanol–water partition coefficient (Wildman–Crippen LogP) is 4.43. The summed E-state index contributed by atoms with van der Waals surface area (Å²) >= 11 is 0. The van der Waals surface area contributed by atoms with E-state index in [9.17, 15) is 9.18 Å². The molecule has 2 aromatic carbocycles. The molecule has 32 heavy (non-hydrogen) atoms. The number of fused-ring (bicyclic) bond motifs is 1. The topological polar surface area (TPSA) is 69.0 Å². The number of rotatable bonds is 7. The van der Waals surface area contributed by atoms with E-state index in [1.165, 1.54) is 12.1 Å². The van der Waals surface area contributed by atoms with Gasteiger partial charge in [0.25, 0.3) is 5.91 Å². The smallest absolute Gasteiger partial charge is 0.258 e. The minimum Gasteiger partial charge on any atom is -0.468 e. The second-order valence-corrected chi connectivity index (χ2v) is 7.70. The van der Waals surface area contributed by atoms with E-state index in [2.05, 4.69) is 17.2 Å². The van der Waals surface area contributed by atoms with Gasteiger partial charge in [0.1, 0.15) is 5.82 Å². The number of hydrogen-bond acceptors (Lipinski definition) is 4. The van der Waals surface area contributed by atoms with Gasteiger partial charge in [-0.25, -0.2) is 9.07 Å². The largest absolute Gasteiger partial charge is 0.468 e. The Balaban J connectivity index is 1.54. The van der Waals surface area contributed by atoms with Gasteiger partial charge in [-0.1, -0.05) is 36.8 Å². The van der Waals surface area contributed by atoms with Crippen LogP contribution in [-0.4, -0.2) is 27.3 Å². The van der Waals surface area contributed by atoms with Crippen molar-refractivity contribution >= 4 is 16.9 Å². The van der Waals surface area contributed by atoms with Crippen LogP contribution in [0.3, 0.4) is 0 Å². The number of benzene rings is 2. The van der Waals surface area contributed by atoms with Crippen molar-refractivity contribution in [3.63, 3.8) is 0 Å². The number of amides is 1. The van der Waals surface area contributed by atoms with Crippen molar-refractivity contribution < 1.29 is 13.9 Å². The molecule has 4 rings (SSSR count). The molecule has 6 nitrogen and oxygen atoms in total. The third-order valence-electron chi connectivity index (χ3n) is 5.26. The van der Waals surface area contributed by atoms with Crippen LogP contribution in [0, 0.1) is 19.7 Å². The molecular formula is C25H25FN4O2. The molecule has 0 atom stereocenters. The van der Waals surface area contributed by atoms with Crippen molar-refractivity contribution in [1.82, 2.24) is 20.1 Å². The van der Waals surface area contributed by atoms with Crippen molar-refractivity contribution in [1.29, 1.82) is 0 Å². The van der Waals surface area contributed by atoms with Crippen LogP contribution in [0.4, 0.5) is 4.39 Å². The highest BCUT2D eigenvalue weighted by Crippen LogP contribution is 2.27. The molecule has 0 unspecified atom stereocenters. The number of hydrogen-bond donors (Lipinski definition) is 1. The number of carbonyl (C=O) groups is 1. The molecule has 0 fully saturated rings. The second kappa shape index (κ2) is 9.18. The minimum absolute atomic E-state index is 0.186. The summed E-state index contributed by atoms with van der Waals surface area (Å²) in [6, 6.07) is 16.0. The van der Waals surface area contributed by atoms with Crippen LogP contribution in [0.1, 0.15) is 29.3 Å². The summed E-state index contributed by atoms with van der Waals surface area (Å²) in [6.45, 7) is 6.11. The van der Waals surface area contributed by atoms with Crippen LogP contribution >= 0.6 is 0 Å². The van der Waals surface area contributed by atoms with Gasteiger partial charge in [0, 0.05) is 18.0 Å². The lowest BCUT2D eigenvalue weighted by Gasteiger charge is -2.10. The molecular weight excluding hydrogens is 407 g/mol. The molecule has 0 spiro atoms. The summed E-state index contributed by atoms with van der Waals surface area (Å²) in [5, 5.41) is 8.42. The van der Waals surface area contributed by atoms with Crippen molar-refractivity contribution in [3.8, 4) is 11.6 Å². The quantitative estimate of drug-likeness (QED) is 0.469. The van der Waals surface area contributed by atoms with E-state index in [-0.39, 0.29) is 24.9 Å². The van der Waals surface area contributed by atoms with Crippen LogP contribution in [-0.2, 0) is 17.8 Å². The summed E-state index contributed by atoms with van der Waals surface area (Å²) in [5.41, 5.74) is 5.40. The zero-order valence-electron chi connectivity index (χ0n) is 18.4. The van der Waals surface area contributed by atoms with Crippen molar-refractivity contribution in [2.45, 2.75) is 33.7 Å². The summed E-state index contributed by atoms with van der Waals surface area (Å²) < 4.78 is 20.8. The van der Waals surface area contributed by atoms with Gasteiger partial charge in [-0.3, -0.25) is 4.79 Å². The highest BCUT2D eigenvalue weighted by molar-refractivity contribution is 5.84. The second-order valence-electron chi connectivity index (χ2n) is 7.70. The van der Waals surface area contributed by atoms with Gasteiger partial charge in [0.2, 0.25) is 5.88 Å². The molecule has 0 saturated carbocycles. The molecule has 4 aromatic rings. The molecule has 164 valence electrons. The lowest BCUT2D eigenvalue weighted by atomic mass is 10.1. The molecule has 0 saturated heterocycles. The zero-order valence-corrected chi connectivity index (χ0v) is 18.4. The first-order valence-corrected chi connectivity index (χ1v) is 10.5. The van der Waals surface area contributed by atoms with E-state index in [1.54, 1.807) is 16.8 Å². The fourth-order valence-electron chi connectivity index (χ4n) is 3.61. The van der Waals surface area contributed by atoms with Gasteiger partial charge in [0.15, 0.2) is 12.3 Å². The molecule has 0 aliphatic rings.